The molecular formula is C16H12Br2. The van der Waals surface area contributed by atoms with Crippen LogP contribution in [-0.4, -0.2) is 0 Å². The Bertz CT molecular complexity index is 514. The number of benzene rings is 2. The molecule has 1 aliphatic carbocycles. The van der Waals surface area contributed by atoms with Gasteiger partial charge in [-0.05, 0) is 35.4 Å². The van der Waals surface area contributed by atoms with E-state index in [2.05, 4.69) is 92.5 Å². The zero-order chi connectivity index (χ0) is 12.5. The van der Waals surface area contributed by atoms with Crippen LogP contribution >= 0.6 is 31.9 Å². The monoisotopic (exact) mass is 362 g/mol. The molecule has 0 bridgehead atoms. The first-order chi connectivity index (χ1) is 8.74. The van der Waals surface area contributed by atoms with E-state index in [4.69, 9.17) is 0 Å². The van der Waals surface area contributed by atoms with Crippen molar-refractivity contribution in [1.29, 1.82) is 0 Å². The summed E-state index contributed by atoms with van der Waals surface area (Å²) in [6.07, 6.45) is 4.58. The number of rotatable bonds is 2. The molecule has 2 aromatic rings. The Morgan fingerprint density at radius 2 is 0.889 bits per heavy atom. The molecule has 3 rings (SSSR count). The molecule has 0 fully saturated rings. The van der Waals surface area contributed by atoms with Gasteiger partial charge in [0.05, 0.1) is 0 Å². The highest BCUT2D eigenvalue weighted by Crippen LogP contribution is 2.42. The van der Waals surface area contributed by atoms with Crippen molar-refractivity contribution in [3.05, 3.63) is 80.8 Å². The second kappa shape index (κ2) is 5.02. The number of hydrogen-bond acceptors (Lipinski definition) is 0. The highest BCUT2D eigenvalue weighted by molar-refractivity contribution is 9.10. The van der Waals surface area contributed by atoms with Crippen molar-refractivity contribution in [3.63, 3.8) is 0 Å². The molecule has 0 N–H and O–H groups in total. The molecule has 90 valence electrons. The molecule has 2 aromatic carbocycles. The summed E-state index contributed by atoms with van der Waals surface area (Å²) < 4.78 is 2.27. The molecule has 18 heavy (non-hydrogen) atoms. The highest BCUT2D eigenvalue weighted by Gasteiger charge is 2.26. The summed E-state index contributed by atoms with van der Waals surface area (Å²) in [4.78, 5) is 0. The molecule has 0 aliphatic heterocycles. The van der Waals surface area contributed by atoms with Crippen molar-refractivity contribution in [2.45, 2.75) is 11.8 Å². The van der Waals surface area contributed by atoms with Crippen LogP contribution in [-0.2, 0) is 0 Å². The fourth-order valence-electron chi connectivity index (χ4n) is 2.34. The predicted octanol–water partition coefficient (Wildman–Crippen LogP) is 5.65. The topological polar surface area (TPSA) is 0 Å². The molecule has 2 heteroatoms. The normalized spacial score (nSPS) is 21.7. The van der Waals surface area contributed by atoms with E-state index in [9.17, 15) is 0 Å². The first-order valence-corrected chi connectivity index (χ1v) is 7.52. The van der Waals surface area contributed by atoms with Gasteiger partial charge in [0, 0.05) is 20.8 Å². The van der Waals surface area contributed by atoms with Gasteiger partial charge in [-0.1, -0.05) is 68.3 Å². The van der Waals surface area contributed by atoms with Crippen LogP contribution < -0.4 is 0 Å². The largest absolute Gasteiger partial charge is 0.0794 e. The van der Waals surface area contributed by atoms with Gasteiger partial charge in [0.1, 0.15) is 0 Å². The number of allylic oxidation sites excluding steroid dienone is 2. The molecule has 0 nitrogen and oxygen atoms in total. The van der Waals surface area contributed by atoms with Gasteiger partial charge in [-0.25, -0.2) is 0 Å². The van der Waals surface area contributed by atoms with Crippen LogP contribution in [0.3, 0.4) is 0 Å². The lowest BCUT2D eigenvalue weighted by Crippen LogP contribution is -2.14. The van der Waals surface area contributed by atoms with E-state index in [-0.39, 0.29) is 0 Å². The van der Waals surface area contributed by atoms with Gasteiger partial charge in [0.2, 0.25) is 0 Å². The standard InChI is InChI=1S/C16H12Br2/c17-13-5-1-11(2-6-13)15-9-10-16(15)12-3-7-14(18)8-4-12/h1-10,15-16H/t15-,16-/m1/s1. The van der Waals surface area contributed by atoms with Gasteiger partial charge in [0.15, 0.2) is 0 Å². The van der Waals surface area contributed by atoms with Crippen molar-refractivity contribution < 1.29 is 0 Å². The van der Waals surface area contributed by atoms with E-state index in [0.29, 0.717) is 11.8 Å². The fraction of sp³-hybridized carbons (Fsp3) is 0.125. The molecule has 0 amide bonds. The Labute approximate surface area is 124 Å². The van der Waals surface area contributed by atoms with Gasteiger partial charge >= 0.3 is 0 Å². The lowest BCUT2D eigenvalue weighted by molar-refractivity contribution is 0.674. The van der Waals surface area contributed by atoms with Crippen LogP contribution in [0, 0.1) is 0 Å². The minimum atomic E-state index is 0.513. The molecule has 0 heterocycles. The third kappa shape index (κ3) is 2.32. The zero-order valence-electron chi connectivity index (χ0n) is 9.68. The van der Waals surface area contributed by atoms with Gasteiger partial charge in [0.25, 0.3) is 0 Å². The molecule has 2 atom stereocenters. The summed E-state index contributed by atoms with van der Waals surface area (Å²) >= 11 is 6.96. The van der Waals surface area contributed by atoms with Crippen LogP contribution in [0.15, 0.2) is 69.6 Å². The van der Waals surface area contributed by atoms with Gasteiger partial charge < -0.3 is 0 Å². The van der Waals surface area contributed by atoms with Crippen LogP contribution in [0.2, 0.25) is 0 Å². The number of halogens is 2. The maximum atomic E-state index is 3.48. The van der Waals surface area contributed by atoms with E-state index in [0.717, 1.165) is 8.95 Å². The van der Waals surface area contributed by atoms with Crippen molar-refractivity contribution >= 4 is 31.9 Å². The molecule has 0 saturated heterocycles. The second-order valence-electron chi connectivity index (χ2n) is 4.54. The maximum absolute atomic E-state index is 3.48. The minimum Gasteiger partial charge on any atom is -0.0794 e. The van der Waals surface area contributed by atoms with Crippen LogP contribution in [0.4, 0.5) is 0 Å². The van der Waals surface area contributed by atoms with Crippen LogP contribution in [0.5, 0.6) is 0 Å². The van der Waals surface area contributed by atoms with Crippen LogP contribution in [0.1, 0.15) is 23.0 Å². The molecular weight excluding hydrogens is 352 g/mol. The first kappa shape index (κ1) is 12.2. The smallest absolute Gasteiger partial charge is 0.0175 e. The SMILES string of the molecule is Brc1ccc([C@H]2C=C[C@@H]2c2ccc(Br)cc2)cc1. The van der Waals surface area contributed by atoms with E-state index >= 15 is 0 Å². The average Bonchev–Trinajstić information content (AvgIpc) is 2.33. The Morgan fingerprint density at radius 3 is 1.17 bits per heavy atom. The first-order valence-electron chi connectivity index (χ1n) is 5.93. The van der Waals surface area contributed by atoms with Gasteiger partial charge in [-0.2, -0.15) is 0 Å². The second-order valence-corrected chi connectivity index (χ2v) is 6.37. The molecule has 0 unspecified atom stereocenters. The Hall–Kier alpha value is -0.860. The fourth-order valence-corrected chi connectivity index (χ4v) is 2.87. The van der Waals surface area contributed by atoms with Gasteiger partial charge in [-0.3, -0.25) is 0 Å². The predicted molar refractivity (Wildman–Crippen MR) is 82.9 cm³/mol. The number of hydrogen-bond donors (Lipinski definition) is 0. The molecule has 1 aliphatic rings. The molecule has 0 spiro atoms. The third-order valence-corrected chi connectivity index (χ3v) is 4.48. The summed E-state index contributed by atoms with van der Waals surface area (Å²) in [7, 11) is 0. The van der Waals surface area contributed by atoms with Crippen molar-refractivity contribution in [2.24, 2.45) is 0 Å². The van der Waals surface area contributed by atoms with Gasteiger partial charge in [-0.15, -0.1) is 0 Å². The van der Waals surface area contributed by atoms with E-state index < -0.39 is 0 Å². The van der Waals surface area contributed by atoms with Crippen molar-refractivity contribution in [3.8, 4) is 0 Å². The quantitative estimate of drug-likeness (QED) is 0.605. The highest BCUT2D eigenvalue weighted by atomic mass is 79.9. The summed E-state index contributed by atoms with van der Waals surface area (Å²) in [5.74, 6) is 1.03. The Kier molecular flexibility index (Phi) is 3.40. The summed E-state index contributed by atoms with van der Waals surface area (Å²) in [6.45, 7) is 0. The van der Waals surface area contributed by atoms with Crippen molar-refractivity contribution in [1.82, 2.24) is 0 Å². The van der Waals surface area contributed by atoms with E-state index in [1.807, 2.05) is 0 Å². The maximum Gasteiger partial charge on any atom is 0.0175 e. The minimum absolute atomic E-state index is 0.513. The van der Waals surface area contributed by atoms with E-state index in [1.165, 1.54) is 11.1 Å². The Balaban J connectivity index is 1.86. The lowest BCUT2D eigenvalue weighted by Gasteiger charge is -2.30. The van der Waals surface area contributed by atoms with E-state index in [1.54, 1.807) is 0 Å². The van der Waals surface area contributed by atoms with Crippen LogP contribution in [0.25, 0.3) is 0 Å². The lowest BCUT2D eigenvalue weighted by atomic mass is 9.74. The summed E-state index contributed by atoms with van der Waals surface area (Å²) in [5.41, 5.74) is 2.77. The molecule has 0 saturated carbocycles. The molecule has 0 radical (unpaired) electrons. The third-order valence-electron chi connectivity index (χ3n) is 3.42. The summed E-state index contributed by atoms with van der Waals surface area (Å²) in [6, 6.07) is 17.2. The zero-order valence-corrected chi connectivity index (χ0v) is 12.9. The summed E-state index contributed by atoms with van der Waals surface area (Å²) in [5, 5.41) is 0. The average molecular weight is 364 g/mol. The van der Waals surface area contributed by atoms with Crippen molar-refractivity contribution in [2.75, 3.05) is 0 Å². The Morgan fingerprint density at radius 1 is 0.556 bits per heavy atom. The molecule has 0 aromatic heterocycles.